The van der Waals surface area contributed by atoms with Crippen molar-refractivity contribution in [2.45, 2.75) is 26.2 Å². The molecule has 1 aromatic rings. The fourth-order valence-corrected chi connectivity index (χ4v) is 2.96. The van der Waals surface area contributed by atoms with Crippen LogP contribution >= 0.6 is 11.8 Å². The predicted molar refractivity (Wildman–Crippen MR) is 92.5 cm³/mol. The number of likely N-dealkylation sites (tertiary alicyclic amines) is 1. The van der Waals surface area contributed by atoms with Crippen molar-refractivity contribution in [2.24, 2.45) is 0 Å². The van der Waals surface area contributed by atoms with Crippen LogP contribution in [0.25, 0.3) is 0 Å². The molecule has 1 aromatic carbocycles. The first-order chi connectivity index (χ1) is 10.7. The Kier molecular flexibility index (Phi) is 6.58. The fraction of sp³-hybridized carbons (Fsp3) is 0.500. The normalized spacial score (nSPS) is 14.0. The van der Waals surface area contributed by atoms with Gasteiger partial charge in [-0.05, 0) is 30.7 Å². The molecule has 1 fully saturated rings. The summed E-state index contributed by atoms with van der Waals surface area (Å²) in [6, 6.07) is 7.22. The molecular formula is C16H23N3O2S. The van der Waals surface area contributed by atoms with E-state index in [1.54, 1.807) is 16.7 Å². The van der Waals surface area contributed by atoms with E-state index in [0.29, 0.717) is 17.8 Å². The molecule has 1 aliphatic rings. The van der Waals surface area contributed by atoms with Gasteiger partial charge >= 0.3 is 6.03 Å². The summed E-state index contributed by atoms with van der Waals surface area (Å²) in [4.78, 5) is 25.9. The Morgan fingerprint density at radius 1 is 1.14 bits per heavy atom. The lowest BCUT2D eigenvalue weighted by atomic mass is 10.2. The summed E-state index contributed by atoms with van der Waals surface area (Å²) in [6.45, 7) is 3.68. The first-order valence-electron chi connectivity index (χ1n) is 7.73. The van der Waals surface area contributed by atoms with E-state index in [2.05, 4.69) is 17.6 Å². The molecule has 2 rings (SSSR count). The zero-order chi connectivity index (χ0) is 15.8. The summed E-state index contributed by atoms with van der Waals surface area (Å²) in [5.41, 5.74) is 1.30. The molecule has 1 saturated heterocycles. The van der Waals surface area contributed by atoms with E-state index in [0.717, 1.165) is 37.4 Å². The van der Waals surface area contributed by atoms with Gasteiger partial charge in [0.15, 0.2) is 0 Å². The molecule has 0 spiro atoms. The van der Waals surface area contributed by atoms with Crippen molar-refractivity contribution in [3.8, 4) is 0 Å². The van der Waals surface area contributed by atoms with Crippen molar-refractivity contribution in [3.63, 3.8) is 0 Å². The lowest BCUT2D eigenvalue weighted by Gasteiger charge is -2.18. The topological polar surface area (TPSA) is 61.4 Å². The third-order valence-corrected chi connectivity index (χ3v) is 4.41. The third kappa shape index (κ3) is 4.94. The zero-order valence-corrected chi connectivity index (χ0v) is 13.7. The molecule has 120 valence electrons. The SMILES string of the molecule is CCSCCC(=O)Nc1ccccc1NC(=O)N1CCCC1. The molecule has 1 aliphatic heterocycles. The van der Waals surface area contributed by atoms with Crippen LogP contribution in [-0.4, -0.2) is 41.4 Å². The van der Waals surface area contributed by atoms with Crippen molar-refractivity contribution in [3.05, 3.63) is 24.3 Å². The van der Waals surface area contributed by atoms with Gasteiger partial charge in [-0.3, -0.25) is 4.79 Å². The zero-order valence-electron chi connectivity index (χ0n) is 12.9. The first-order valence-corrected chi connectivity index (χ1v) is 8.88. The van der Waals surface area contributed by atoms with Crippen LogP contribution in [0.1, 0.15) is 26.2 Å². The Hall–Kier alpha value is -1.69. The van der Waals surface area contributed by atoms with Crippen molar-refractivity contribution in [2.75, 3.05) is 35.2 Å². The van der Waals surface area contributed by atoms with E-state index in [9.17, 15) is 9.59 Å². The van der Waals surface area contributed by atoms with Gasteiger partial charge in [0, 0.05) is 25.3 Å². The van der Waals surface area contributed by atoms with Crippen LogP contribution < -0.4 is 10.6 Å². The van der Waals surface area contributed by atoms with Gasteiger partial charge in [-0.25, -0.2) is 4.79 Å². The lowest BCUT2D eigenvalue weighted by Crippen LogP contribution is -2.32. The second-order valence-electron chi connectivity index (χ2n) is 5.16. The molecule has 5 nitrogen and oxygen atoms in total. The van der Waals surface area contributed by atoms with Gasteiger partial charge in [-0.1, -0.05) is 19.1 Å². The summed E-state index contributed by atoms with van der Waals surface area (Å²) in [5, 5.41) is 5.77. The Morgan fingerprint density at radius 2 is 1.77 bits per heavy atom. The second kappa shape index (κ2) is 8.68. The average Bonchev–Trinajstić information content (AvgIpc) is 3.04. The number of carbonyl (C=O) groups excluding carboxylic acids is 2. The van der Waals surface area contributed by atoms with Crippen molar-refractivity contribution < 1.29 is 9.59 Å². The van der Waals surface area contributed by atoms with E-state index in [1.165, 1.54) is 0 Å². The number of benzene rings is 1. The van der Waals surface area contributed by atoms with Crippen LogP contribution in [0.2, 0.25) is 0 Å². The Morgan fingerprint density at radius 3 is 2.41 bits per heavy atom. The number of hydrogen-bond donors (Lipinski definition) is 2. The maximum Gasteiger partial charge on any atom is 0.321 e. The van der Waals surface area contributed by atoms with Gasteiger partial charge in [0.2, 0.25) is 5.91 Å². The highest BCUT2D eigenvalue weighted by Crippen LogP contribution is 2.22. The van der Waals surface area contributed by atoms with Gasteiger partial charge in [0.05, 0.1) is 11.4 Å². The smallest absolute Gasteiger partial charge is 0.321 e. The lowest BCUT2D eigenvalue weighted by molar-refractivity contribution is -0.115. The monoisotopic (exact) mass is 321 g/mol. The maximum atomic E-state index is 12.2. The molecule has 0 unspecified atom stereocenters. The Bertz CT molecular complexity index is 516. The van der Waals surface area contributed by atoms with E-state index in [1.807, 2.05) is 24.3 Å². The molecular weight excluding hydrogens is 298 g/mol. The number of carbonyl (C=O) groups is 2. The van der Waals surface area contributed by atoms with Crippen molar-refractivity contribution in [1.82, 2.24) is 4.90 Å². The number of amides is 3. The standard InChI is InChI=1S/C16H23N3O2S/c1-2-22-12-9-15(20)17-13-7-3-4-8-14(13)18-16(21)19-10-5-6-11-19/h3-4,7-8H,2,5-6,9-12H2,1H3,(H,17,20)(H,18,21). The van der Waals surface area contributed by atoms with E-state index in [4.69, 9.17) is 0 Å². The van der Waals surface area contributed by atoms with E-state index >= 15 is 0 Å². The molecule has 0 aromatic heterocycles. The number of nitrogens with one attached hydrogen (secondary N) is 2. The van der Waals surface area contributed by atoms with Crippen LogP contribution in [0, 0.1) is 0 Å². The first kappa shape index (κ1) is 16.7. The number of rotatable bonds is 6. The average molecular weight is 321 g/mol. The summed E-state index contributed by atoms with van der Waals surface area (Å²) in [7, 11) is 0. The fourth-order valence-electron chi connectivity index (χ4n) is 2.34. The van der Waals surface area contributed by atoms with Crippen molar-refractivity contribution in [1.29, 1.82) is 0 Å². The minimum Gasteiger partial charge on any atom is -0.325 e. The predicted octanol–water partition coefficient (Wildman–Crippen LogP) is 3.40. The summed E-state index contributed by atoms with van der Waals surface area (Å²) in [6.07, 6.45) is 2.59. The van der Waals surface area contributed by atoms with Crippen LogP contribution in [0.15, 0.2) is 24.3 Å². The minimum atomic E-state index is -0.0965. The van der Waals surface area contributed by atoms with Crippen LogP contribution in [0.3, 0.4) is 0 Å². The van der Waals surface area contributed by atoms with E-state index in [-0.39, 0.29) is 11.9 Å². The number of thioether (sulfide) groups is 1. The van der Waals surface area contributed by atoms with Gasteiger partial charge in [0.1, 0.15) is 0 Å². The quantitative estimate of drug-likeness (QED) is 0.790. The molecule has 0 aliphatic carbocycles. The number of nitrogens with zero attached hydrogens (tertiary/aromatic N) is 1. The molecule has 22 heavy (non-hydrogen) atoms. The number of para-hydroxylation sites is 2. The molecule has 0 radical (unpaired) electrons. The summed E-state index contributed by atoms with van der Waals surface area (Å²) >= 11 is 1.74. The molecule has 0 bridgehead atoms. The Balaban J connectivity index is 1.94. The number of hydrogen-bond acceptors (Lipinski definition) is 3. The minimum absolute atomic E-state index is 0.0242. The highest BCUT2D eigenvalue weighted by Gasteiger charge is 2.18. The van der Waals surface area contributed by atoms with Crippen molar-refractivity contribution >= 4 is 35.1 Å². The number of anilines is 2. The van der Waals surface area contributed by atoms with Gasteiger partial charge in [0.25, 0.3) is 0 Å². The van der Waals surface area contributed by atoms with Gasteiger partial charge < -0.3 is 15.5 Å². The summed E-state index contributed by atoms with van der Waals surface area (Å²) in [5.74, 6) is 1.80. The van der Waals surface area contributed by atoms with E-state index < -0.39 is 0 Å². The van der Waals surface area contributed by atoms with Crippen LogP contribution in [0.4, 0.5) is 16.2 Å². The largest absolute Gasteiger partial charge is 0.325 e. The number of urea groups is 1. The third-order valence-electron chi connectivity index (χ3n) is 3.51. The highest BCUT2D eigenvalue weighted by molar-refractivity contribution is 7.99. The maximum absolute atomic E-state index is 12.2. The van der Waals surface area contributed by atoms with Crippen LogP contribution in [0.5, 0.6) is 0 Å². The molecule has 3 amide bonds. The molecule has 0 atom stereocenters. The molecule has 0 saturated carbocycles. The highest BCUT2D eigenvalue weighted by atomic mass is 32.2. The Labute approximate surface area is 135 Å². The summed E-state index contributed by atoms with van der Waals surface area (Å²) < 4.78 is 0. The second-order valence-corrected chi connectivity index (χ2v) is 6.56. The van der Waals surface area contributed by atoms with Gasteiger partial charge in [-0.2, -0.15) is 11.8 Å². The van der Waals surface area contributed by atoms with Gasteiger partial charge in [-0.15, -0.1) is 0 Å². The molecule has 1 heterocycles. The molecule has 6 heteroatoms. The van der Waals surface area contributed by atoms with Crippen LogP contribution in [-0.2, 0) is 4.79 Å². The molecule has 2 N–H and O–H groups in total.